The van der Waals surface area contributed by atoms with Crippen molar-refractivity contribution in [2.45, 2.75) is 46.1 Å². The Bertz CT molecular complexity index is 2010. The summed E-state index contributed by atoms with van der Waals surface area (Å²) in [6.07, 6.45) is 3.50. The van der Waals surface area contributed by atoms with E-state index >= 15 is 0 Å². The predicted molar refractivity (Wildman–Crippen MR) is 204 cm³/mol. The highest BCUT2D eigenvalue weighted by Crippen LogP contribution is 2.35. The zero-order valence-electron chi connectivity index (χ0n) is 30.9. The quantitative estimate of drug-likeness (QED) is 0.160. The second-order valence-electron chi connectivity index (χ2n) is 13.3. The third-order valence-electron chi connectivity index (χ3n) is 9.11. The molecular formula is C40H48F3N9O. The van der Waals surface area contributed by atoms with E-state index in [-0.39, 0.29) is 23.4 Å². The van der Waals surface area contributed by atoms with Crippen LogP contribution in [0.5, 0.6) is 0 Å². The Labute approximate surface area is 309 Å². The zero-order chi connectivity index (χ0) is 38.0. The molecule has 1 saturated heterocycles. The van der Waals surface area contributed by atoms with Crippen molar-refractivity contribution >= 4 is 23.0 Å². The van der Waals surface area contributed by atoms with Crippen LogP contribution in [0, 0.1) is 18.8 Å². The van der Waals surface area contributed by atoms with E-state index in [1.165, 1.54) is 18.3 Å². The van der Waals surface area contributed by atoms with Gasteiger partial charge in [0.1, 0.15) is 0 Å². The van der Waals surface area contributed by atoms with Crippen LogP contribution >= 0.6 is 0 Å². The van der Waals surface area contributed by atoms with Crippen LogP contribution in [0.25, 0.3) is 0 Å². The molecular weight excluding hydrogens is 679 g/mol. The number of aromatic nitrogens is 3. The number of alkyl halides is 3. The maximum Gasteiger partial charge on any atom is 0.416 e. The highest BCUT2D eigenvalue weighted by molar-refractivity contribution is 6.04. The summed E-state index contributed by atoms with van der Waals surface area (Å²) >= 11 is 0. The number of amides is 1. The van der Waals surface area contributed by atoms with E-state index in [1.807, 2.05) is 59.7 Å². The normalized spacial score (nSPS) is 14.2. The van der Waals surface area contributed by atoms with Crippen molar-refractivity contribution in [3.05, 3.63) is 113 Å². The van der Waals surface area contributed by atoms with Crippen LogP contribution in [0.15, 0.2) is 84.9 Å². The van der Waals surface area contributed by atoms with Crippen LogP contribution in [-0.4, -0.2) is 88.3 Å². The lowest BCUT2D eigenvalue weighted by molar-refractivity contribution is -0.138. The molecule has 0 radical (unpaired) electrons. The summed E-state index contributed by atoms with van der Waals surface area (Å²) in [7, 11) is 4.09. The van der Waals surface area contributed by atoms with Gasteiger partial charge >= 0.3 is 6.18 Å². The number of nitrogens with one attached hydrogen (secondary N) is 2. The van der Waals surface area contributed by atoms with Crippen LogP contribution in [0.4, 0.5) is 30.2 Å². The summed E-state index contributed by atoms with van der Waals surface area (Å²) in [5, 5.41) is 10.5. The third-order valence-corrected chi connectivity index (χ3v) is 9.11. The number of carbonyl (C=O) groups excluding carboxylic acids is 1. The number of pyridine rings is 1. The third kappa shape index (κ3) is 10.9. The minimum atomic E-state index is -4.56. The van der Waals surface area contributed by atoms with Crippen molar-refractivity contribution in [1.29, 1.82) is 0 Å². The average molecular weight is 728 g/mol. The van der Waals surface area contributed by atoms with Gasteiger partial charge in [0, 0.05) is 74.7 Å². The van der Waals surface area contributed by atoms with Gasteiger partial charge in [-0.15, -0.1) is 0 Å². The first-order chi connectivity index (χ1) is 25.4. The van der Waals surface area contributed by atoms with Crippen molar-refractivity contribution in [2.24, 2.45) is 4.99 Å². The molecule has 280 valence electrons. The number of hydrogen-bond acceptors (Lipinski definition) is 7. The highest BCUT2D eigenvalue weighted by Gasteiger charge is 2.34. The van der Waals surface area contributed by atoms with Crippen LogP contribution in [0.1, 0.15) is 46.0 Å². The van der Waals surface area contributed by atoms with Gasteiger partial charge in [-0.05, 0) is 88.1 Å². The van der Waals surface area contributed by atoms with Gasteiger partial charge in [-0.3, -0.25) is 14.4 Å². The van der Waals surface area contributed by atoms with E-state index in [2.05, 4.69) is 55.9 Å². The maximum atomic E-state index is 14.2. The van der Waals surface area contributed by atoms with E-state index in [1.54, 1.807) is 24.4 Å². The molecule has 0 unspecified atom stereocenters. The Kier molecular flexibility index (Phi) is 13.3. The van der Waals surface area contributed by atoms with Crippen LogP contribution in [-0.2, 0) is 25.8 Å². The minimum Gasteiger partial charge on any atom is -0.350 e. The van der Waals surface area contributed by atoms with Crippen molar-refractivity contribution in [3.63, 3.8) is 0 Å². The molecule has 13 heteroatoms. The van der Waals surface area contributed by atoms with Gasteiger partial charge < -0.3 is 25.0 Å². The number of aryl methyl sites for hydroxylation is 2. The van der Waals surface area contributed by atoms with Gasteiger partial charge in [0.05, 0.1) is 29.7 Å². The summed E-state index contributed by atoms with van der Waals surface area (Å²) in [5.74, 6) is 5.81. The van der Waals surface area contributed by atoms with E-state index in [0.29, 0.717) is 30.7 Å². The van der Waals surface area contributed by atoms with Gasteiger partial charge in [0.15, 0.2) is 5.49 Å². The first-order valence-electron chi connectivity index (χ1n) is 17.8. The SMILES string of the molecule is C=C/N=c1/c(Nc2cnn(CCCN(C)C)c2)cccn1CC#Cc1cc(C(=O)Nc2ccc(CN3CCN(CC)CC3)c(C(F)(F)F)c2)ccc1C. The number of likely N-dealkylation sites (N-methyl/N-ethyl adjacent to an activating group) is 1. The van der Waals surface area contributed by atoms with Gasteiger partial charge in [-0.2, -0.15) is 18.3 Å². The van der Waals surface area contributed by atoms with Crippen molar-refractivity contribution in [1.82, 2.24) is 29.0 Å². The topological polar surface area (TPSA) is 86.0 Å². The van der Waals surface area contributed by atoms with Gasteiger partial charge in [0.25, 0.3) is 5.91 Å². The van der Waals surface area contributed by atoms with E-state index in [4.69, 9.17) is 0 Å². The molecule has 10 nitrogen and oxygen atoms in total. The number of carbonyl (C=O) groups is 1. The molecule has 2 aromatic carbocycles. The molecule has 5 rings (SSSR count). The number of nitrogens with zero attached hydrogens (tertiary/aromatic N) is 7. The monoisotopic (exact) mass is 727 g/mol. The van der Waals surface area contributed by atoms with E-state index < -0.39 is 17.6 Å². The number of halogens is 3. The smallest absolute Gasteiger partial charge is 0.350 e. The number of hydrogen-bond donors (Lipinski definition) is 2. The van der Waals surface area contributed by atoms with Crippen LogP contribution in [0.3, 0.4) is 0 Å². The fourth-order valence-electron chi connectivity index (χ4n) is 6.13. The molecule has 2 N–H and O–H groups in total. The summed E-state index contributed by atoms with van der Waals surface area (Å²) in [5.41, 5.74) is 3.52. The summed E-state index contributed by atoms with van der Waals surface area (Å²) in [6.45, 7) is 14.0. The Morgan fingerprint density at radius 1 is 1.08 bits per heavy atom. The highest BCUT2D eigenvalue weighted by atomic mass is 19.4. The summed E-state index contributed by atoms with van der Waals surface area (Å²) in [4.78, 5) is 24.2. The van der Waals surface area contributed by atoms with Crippen LogP contribution in [0.2, 0.25) is 0 Å². The second kappa shape index (κ2) is 18.1. The first kappa shape index (κ1) is 39.1. The molecule has 0 aliphatic carbocycles. The van der Waals surface area contributed by atoms with E-state index in [9.17, 15) is 18.0 Å². The Morgan fingerprint density at radius 3 is 2.57 bits per heavy atom. The van der Waals surface area contributed by atoms with Gasteiger partial charge in [-0.25, -0.2) is 4.99 Å². The predicted octanol–water partition coefficient (Wildman–Crippen LogP) is 6.19. The Balaban J connectivity index is 1.28. The lowest BCUT2D eigenvalue weighted by Crippen LogP contribution is -2.45. The first-order valence-corrected chi connectivity index (χ1v) is 17.8. The Hall–Kier alpha value is -5.16. The number of anilines is 3. The van der Waals surface area contributed by atoms with Crippen LogP contribution < -0.4 is 16.1 Å². The molecule has 1 amide bonds. The number of piperazine rings is 1. The summed E-state index contributed by atoms with van der Waals surface area (Å²) < 4.78 is 46.3. The lowest BCUT2D eigenvalue weighted by Gasteiger charge is -2.34. The fourth-order valence-corrected chi connectivity index (χ4v) is 6.13. The molecule has 0 atom stereocenters. The molecule has 1 aliphatic rings. The van der Waals surface area contributed by atoms with E-state index in [0.717, 1.165) is 62.1 Å². The molecule has 0 spiro atoms. The minimum absolute atomic E-state index is 0.0788. The van der Waals surface area contributed by atoms with Gasteiger partial charge in [0.2, 0.25) is 0 Å². The molecule has 3 heterocycles. The number of rotatable bonds is 13. The zero-order valence-corrected chi connectivity index (χ0v) is 30.9. The van der Waals surface area contributed by atoms with Gasteiger partial charge in [-0.1, -0.05) is 37.5 Å². The standard InChI is InChI=1S/C40H48F3N9O/c1-6-44-38-37(46-35-27-45-52(29-35)20-10-17-48(4)5)12-9-19-51(38)18-8-11-31-25-32(14-13-30(31)3)39(53)47-34-16-15-33(36(26-34)40(41,42)43)28-50-23-21-49(7-2)22-24-50/h6,9,12-16,19,25-27,29,46H,1,7,10,17-18,20-24,28H2,2-5H3,(H,47,53)/b44-38-. The second-order valence-corrected chi connectivity index (χ2v) is 13.3. The Morgan fingerprint density at radius 2 is 1.85 bits per heavy atom. The van der Waals surface area contributed by atoms with Crippen molar-refractivity contribution < 1.29 is 18.0 Å². The average Bonchev–Trinajstić information content (AvgIpc) is 3.57. The maximum absolute atomic E-state index is 14.2. The molecule has 0 saturated carbocycles. The molecule has 4 aromatic rings. The van der Waals surface area contributed by atoms with Crippen molar-refractivity contribution in [2.75, 3.05) is 64.0 Å². The fraction of sp³-hybridized carbons (Fsp3) is 0.375. The largest absolute Gasteiger partial charge is 0.416 e. The number of benzene rings is 2. The van der Waals surface area contributed by atoms with Crippen molar-refractivity contribution in [3.8, 4) is 11.8 Å². The molecule has 2 aromatic heterocycles. The molecule has 53 heavy (non-hydrogen) atoms. The molecule has 0 bridgehead atoms. The lowest BCUT2D eigenvalue weighted by atomic mass is 10.0. The molecule has 1 fully saturated rings. The summed E-state index contributed by atoms with van der Waals surface area (Å²) in [6, 6.07) is 12.9. The molecule has 1 aliphatic heterocycles.